The Morgan fingerprint density at radius 2 is 2.26 bits per heavy atom. The fourth-order valence-corrected chi connectivity index (χ4v) is 4.77. The molecule has 2 aromatic rings. The van der Waals surface area contributed by atoms with Gasteiger partial charge in [-0.2, -0.15) is 5.10 Å². The minimum absolute atomic E-state index is 0.288. The summed E-state index contributed by atoms with van der Waals surface area (Å²) >= 11 is 8.15. The third kappa shape index (κ3) is 3.02. The number of aryl methyl sites for hydroxylation is 2. The Labute approximate surface area is 146 Å². The zero-order valence-electron chi connectivity index (χ0n) is 13.3. The normalized spacial score (nSPS) is 23.4. The molecule has 0 radical (unpaired) electrons. The second kappa shape index (κ2) is 6.46. The van der Waals surface area contributed by atoms with Gasteiger partial charge in [-0.3, -0.25) is 0 Å². The van der Waals surface area contributed by atoms with Crippen LogP contribution in [0.15, 0.2) is 23.1 Å². The van der Waals surface area contributed by atoms with Crippen molar-refractivity contribution < 1.29 is 0 Å². The SMILES string of the molecule is CCc1nc2n(n1)CCC[C@@H]2N[C@@H]1CCSc2ccc(Cl)cc21. The summed E-state index contributed by atoms with van der Waals surface area (Å²) in [7, 11) is 0. The molecule has 0 unspecified atom stereocenters. The molecule has 1 N–H and O–H groups in total. The van der Waals surface area contributed by atoms with Crippen LogP contribution in [0, 0.1) is 0 Å². The van der Waals surface area contributed by atoms with Crippen LogP contribution < -0.4 is 5.32 Å². The van der Waals surface area contributed by atoms with Crippen LogP contribution in [0.2, 0.25) is 5.02 Å². The highest BCUT2D eigenvalue weighted by molar-refractivity contribution is 7.99. The quantitative estimate of drug-likeness (QED) is 0.904. The predicted molar refractivity (Wildman–Crippen MR) is 94.0 cm³/mol. The van der Waals surface area contributed by atoms with Crippen molar-refractivity contribution in [1.82, 2.24) is 20.1 Å². The van der Waals surface area contributed by atoms with Gasteiger partial charge in [-0.25, -0.2) is 9.67 Å². The van der Waals surface area contributed by atoms with E-state index in [4.69, 9.17) is 16.6 Å². The number of thioether (sulfide) groups is 1. The molecule has 0 amide bonds. The molecule has 2 aliphatic heterocycles. The van der Waals surface area contributed by atoms with Gasteiger partial charge in [0.1, 0.15) is 5.82 Å². The summed E-state index contributed by atoms with van der Waals surface area (Å²) in [6.45, 7) is 3.10. The number of benzene rings is 1. The average Bonchev–Trinajstić information content (AvgIpc) is 3.00. The number of fused-ring (bicyclic) bond motifs is 2. The van der Waals surface area contributed by atoms with Crippen molar-refractivity contribution in [3.05, 3.63) is 40.4 Å². The largest absolute Gasteiger partial charge is 0.300 e. The molecule has 2 atom stereocenters. The molecule has 1 aromatic heterocycles. The minimum Gasteiger partial charge on any atom is -0.300 e. The summed E-state index contributed by atoms with van der Waals surface area (Å²) in [5.41, 5.74) is 1.33. The number of hydrogen-bond acceptors (Lipinski definition) is 4. The van der Waals surface area contributed by atoms with Crippen molar-refractivity contribution in [3.8, 4) is 0 Å². The molecule has 0 fully saturated rings. The monoisotopic (exact) mass is 348 g/mol. The number of nitrogens with one attached hydrogen (secondary N) is 1. The van der Waals surface area contributed by atoms with E-state index in [0.29, 0.717) is 6.04 Å². The number of aromatic nitrogens is 3. The van der Waals surface area contributed by atoms with E-state index in [1.54, 1.807) is 0 Å². The summed E-state index contributed by atoms with van der Waals surface area (Å²) in [6, 6.07) is 6.89. The Morgan fingerprint density at radius 3 is 3.13 bits per heavy atom. The first-order valence-corrected chi connectivity index (χ1v) is 9.73. The highest BCUT2D eigenvalue weighted by Crippen LogP contribution is 2.39. The topological polar surface area (TPSA) is 42.7 Å². The summed E-state index contributed by atoms with van der Waals surface area (Å²) in [4.78, 5) is 6.10. The first-order valence-electron chi connectivity index (χ1n) is 8.36. The van der Waals surface area contributed by atoms with Gasteiger partial charge in [0.2, 0.25) is 0 Å². The van der Waals surface area contributed by atoms with Gasteiger partial charge in [-0.15, -0.1) is 11.8 Å². The lowest BCUT2D eigenvalue weighted by Crippen LogP contribution is -2.33. The van der Waals surface area contributed by atoms with Crippen molar-refractivity contribution in [2.75, 3.05) is 5.75 Å². The van der Waals surface area contributed by atoms with Crippen LogP contribution >= 0.6 is 23.4 Å². The maximum Gasteiger partial charge on any atom is 0.150 e. The second-order valence-corrected chi connectivity index (χ2v) is 7.77. The van der Waals surface area contributed by atoms with Crippen LogP contribution in [-0.2, 0) is 13.0 Å². The summed E-state index contributed by atoms with van der Waals surface area (Å²) in [6.07, 6.45) is 4.30. The fraction of sp³-hybridized carbons (Fsp3) is 0.529. The van der Waals surface area contributed by atoms with Gasteiger partial charge < -0.3 is 5.32 Å². The lowest BCUT2D eigenvalue weighted by atomic mass is 10.00. The van der Waals surface area contributed by atoms with E-state index in [1.165, 1.54) is 10.5 Å². The van der Waals surface area contributed by atoms with E-state index >= 15 is 0 Å². The zero-order valence-corrected chi connectivity index (χ0v) is 14.8. The lowest BCUT2D eigenvalue weighted by molar-refractivity contribution is 0.330. The van der Waals surface area contributed by atoms with E-state index < -0.39 is 0 Å². The Balaban J connectivity index is 1.61. The van der Waals surface area contributed by atoms with Crippen LogP contribution in [0.1, 0.15) is 55.5 Å². The standard InChI is InChI=1S/C17H21ClN4S/c1-2-16-20-17-14(4-3-8-22(17)21-16)19-13-7-9-23-15-6-5-11(18)10-12(13)15/h5-6,10,13-14,19H,2-4,7-9H2,1H3/t13-,14+/m1/s1. The number of hydrogen-bond donors (Lipinski definition) is 1. The number of rotatable bonds is 3. The molecule has 4 nitrogen and oxygen atoms in total. The molecule has 6 heteroatoms. The highest BCUT2D eigenvalue weighted by atomic mass is 35.5. The van der Waals surface area contributed by atoms with Crippen molar-refractivity contribution in [1.29, 1.82) is 0 Å². The first-order chi connectivity index (χ1) is 11.2. The molecular formula is C17H21ClN4S. The van der Waals surface area contributed by atoms with Gasteiger partial charge in [-0.05, 0) is 48.8 Å². The molecule has 1 aromatic carbocycles. The van der Waals surface area contributed by atoms with E-state index in [0.717, 1.165) is 54.7 Å². The lowest BCUT2D eigenvalue weighted by Gasteiger charge is -2.31. The third-order valence-corrected chi connectivity index (χ3v) is 6.01. The molecule has 0 bridgehead atoms. The van der Waals surface area contributed by atoms with Crippen LogP contribution in [0.25, 0.3) is 0 Å². The van der Waals surface area contributed by atoms with Crippen LogP contribution in [0.4, 0.5) is 0 Å². The number of halogens is 1. The van der Waals surface area contributed by atoms with E-state index in [9.17, 15) is 0 Å². The molecule has 4 rings (SSSR count). The molecular weight excluding hydrogens is 328 g/mol. The van der Waals surface area contributed by atoms with Gasteiger partial charge in [0.15, 0.2) is 5.82 Å². The number of nitrogens with zero attached hydrogens (tertiary/aromatic N) is 3. The van der Waals surface area contributed by atoms with Crippen molar-refractivity contribution in [2.24, 2.45) is 0 Å². The van der Waals surface area contributed by atoms with E-state index in [2.05, 4.69) is 34.2 Å². The van der Waals surface area contributed by atoms with Gasteiger partial charge in [-0.1, -0.05) is 18.5 Å². The van der Waals surface area contributed by atoms with Crippen LogP contribution in [0.5, 0.6) is 0 Å². The molecule has 3 heterocycles. The molecule has 122 valence electrons. The summed E-state index contributed by atoms with van der Waals surface area (Å²) < 4.78 is 2.09. The van der Waals surface area contributed by atoms with Crippen LogP contribution in [-0.4, -0.2) is 20.5 Å². The van der Waals surface area contributed by atoms with Gasteiger partial charge in [0.05, 0.1) is 6.04 Å². The Bertz CT molecular complexity index is 715. The van der Waals surface area contributed by atoms with Gasteiger partial charge >= 0.3 is 0 Å². The Hall–Kier alpha value is -1.04. The Morgan fingerprint density at radius 1 is 1.35 bits per heavy atom. The molecule has 0 saturated heterocycles. The van der Waals surface area contributed by atoms with Crippen molar-refractivity contribution >= 4 is 23.4 Å². The molecule has 23 heavy (non-hydrogen) atoms. The zero-order chi connectivity index (χ0) is 15.8. The van der Waals surface area contributed by atoms with Gasteiger partial charge in [0, 0.05) is 28.9 Å². The highest BCUT2D eigenvalue weighted by Gasteiger charge is 2.29. The average molecular weight is 349 g/mol. The predicted octanol–water partition coefficient (Wildman–Crippen LogP) is 4.16. The summed E-state index contributed by atoms with van der Waals surface area (Å²) in [5, 5.41) is 9.27. The van der Waals surface area contributed by atoms with Crippen molar-refractivity contribution in [2.45, 2.75) is 56.1 Å². The molecule has 0 saturated carbocycles. The summed E-state index contributed by atoms with van der Waals surface area (Å²) in [5.74, 6) is 3.21. The first kappa shape index (κ1) is 15.5. The maximum atomic E-state index is 6.22. The second-order valence-electron chi connectivity index (χ2n) is 6.20. The van der Waals surface area contributed by atoms with Gasteiger partial charge in [0.25, 0.3) is 0 Å². The Kier molecular flexibility index (Phi) is 4.35. The van der Waals surface area contributed by atoms with Crippen molar-refractivity contribution in [3.63, 3.8) is 0 Å². The molecule has 0 aliphatic carbocycles. The molecule has 0 spiro atoms. The molecule has 2 aliphatic rings. The maximum absolute atomic E-state index is 6.22. The van der Waals surface area contributed by atoms with E-state index in [1.807, 2.05) is 17.8 Å². The minimum atomic E-state index is 0.288. The smallest absolute Gasteiger partial charge is 0.150 e. The fourth-order valence-electron chi connectivity index (χ4n) is 3.49. The van der Waals surface area contributed by atoms with Crippen LogP contribution in [0.3, 0.4) is 0 Å². The van der Waals surface area contributed by atoms with E-state index in [-0.39, 0.29) is 6.04 Å². The third-order valence-electron chi connectivity index (χ3n) is 4.65.